The lowest BCUT2D eigenvalue weighted by Gasteiger charge is -2.33. The van der Waals surface area contributed by atoms with Gasteiger partial charge in [-0.15, -0.1) is 0 Å². The van der Waals surface area contributed by atoms with Gasteiger partial charge >= 0.3 is 0 Å². The van der Waals surface area contributed by atoms with E-state index in [-0.39, 0.29) is 28.5 Å². The predicted molar refractivity (Wildman–Crippen MR) is 104 cm³/mol. The molecule has 0 spiro atoms. The molecule has 8 heteroatoms. The van der Waals surface area contributed by atoms with E-state index < -0.39 is 0 Å². The van der Waals surface area contributed by atoms with Gasteiger partial charge in [-0.2, -0.15) is 0 Å². The van der Waals surface area contributed by atoms with E-state index in [2.05, 4.69) is 25.2 Å². The fourth-order valence-corrected chi connectivity index (χ4v) is 3.35. The van der Waals surface area contributed by atoms with Crippen molar-refractivity contribution in [1.82, 2.24) is 24.8 Å². The number of aromatic amines is 1. The molecule has 2 aromatic rings. The molecule has 3 heterocycles. The molecule has 146 valence electrons. The van der Waals surface area contributed by atoms with Gasteiger partial charge in [0.05, 0.1) is 5.69 Å². The van der Waals surface area contributed by atoms with Crippen LogP contribution < -0.4 is 15.8 Å². The molecule has 0 radical (unpaired) electrons. The molecule has 1 aliphatic heterocycles. The molecule has 3 rings (SSSR count). The highest BCUT2D eigenvalue weighted by Gasteiger charge is 2.26. The summed E-state index contributed by atoms with van der Waals surface area (Å²) < 4.78 is 1.99. The summed E-state index contributed by atoms with van der Waals surface area (Å²) in [7, 11) is 1.97. The van der Waals surface area contributed by atoms with Gasteiger partial charge in [0, 0.05) is 44.0 Å². The third-order valence-corrected chi connectivity index (χ3v) is 4.95. The van der Waals surface area contributed by atoms with Crippen molar-refractivity contribution in [2.75, 3.05) is 18.0 Å². The van der Waals surface area contributed by atoms with E-state index in [1.807, 2.05) is 38.6 Å². The molecule has 0 atom stereocenters. The highest BCUT2D eigenvalue weighted by atomic mass is 16.2. The van der Waals surface area contributed by atoms with Crippen LogP contribution in [0.2, 0.25) is 0 Å². The predicted octanol–water partition coefficient (Wildman–Crippen LogP) is 1.51. The molecule has 27 heavy (non-hydrogen) atoms. The zero-order valence-electron chi connectivity index (χ0n) is 16.7. The normalized spacial score (nSPS) is 15.8. The number of carbonyl (C=O) groups excluding carboxylic acids is 1. The van der Waals surface area contributed by atoms with E-state index in [0.717, 1.165) is 31.9 Å². The zero-order valence-corrected chi connectivity index (χ0v) is 16.7. The van der Waals surface area contributed by atoms with Crippen molar-refractivity contribution >= 4 is 11.9 Å². The Balaban J connectivity index is 1.67. The van der Waals surface area contributed by atoms with Crippen LogP contribution in [-0.4, -0.2) is 44.6 Å². The second-order valence-electron chi connectivity index (χ2n) is 8.20. The number of hydrogen-bond acceptors (Lipinski definition) is 5. The first-order valence-corrected chi connectivity index (χ1v) is 9.31. The van der Waals surface area contributed by atoms with Crippen molar-refractivity contribution in [2.24, 2.45) is 7.05 Å². The van der Waals surface area contributed by atoms with Crippen molar-refractivity contribution in [2.45, 2.75) is 52.0 Å². The second-order valence-corrected chi connectivity index (χ2v) is 8.20. The summed E-state index contributed by atoms with van der Waals surface area (Å²) in [5.74, 6) is 1.18. The number of imidazole rings is 1. The Morgan fingerprint density at radius 2 is 1.96 bits per heavy atom. The van der Waals surface area contributed by atoms with Gasteiger partial charge in [-0.1, -0.05) is 20.8 Å². The maximum absolute atomic E-state index is 12.7. The van der Waals surface area contributed by atoms with Gasteiger partial charge in [-0.05, 0) is 19.8 Å². The largest absolute Gasteiger partial charge is 0.349 e. The van der Waals surface area contributed by atoms with Gasteiger partial charge in [-0.3, -0.25) is 9.59 Å². The first kappa shape index (κ1) is 19.1. The number of H-pyrrole nitrogens is 1. The summed E-state index contributed by atoms with van der Waals surface area (Å²) >= 11 is 0. The Hall–Kier alpha value is -2.64. The Labute approximate surface area is 159 Å². The number of anilines is 1. The number of aryl methyl sites for hydroxylation is 2. The Bertz CT molecular complexity index is 884. The van der Waals surface area contributed by atoms with E-state index in [9.17, 15) is 9.59 Å². The van der Waals surface area contributed by atoms with E-state index in [0.29, 0.717) is 11.5 Å². The Kier molecular flexibility index (Phi) is 5.08. The average Bonchev–Trinajstić information content (AvgIpc) is 3.00. The van der Waals surface area contributed by atoms with Crippen LogP contribution in [0.25, 0.3) is 0 Å². The van der Waals surface area contributed by atoms with Gasteiger partial charge in [-0.25, -0.2) is 9.97 Å². The number of nitrogens with one attached hydrogen (secondary N) is 2. The standard InChI is InChI=1S/C19H28N6O2/c1-12-14(16(27)23-17(21-12)19(2,3)4)15(26)22-13-6-9-25(10-7-13)18-20-8-11-24(18)5/h8,11,13H,6-7,9-10H2,1-5H3,(H,22,26)(H,21,23,27). The third kappa shape index (κ3) is 4.04. The van der Waals surface area contributed by atoms with Crippen molar-refractivity contribution in [3.63, 3.8) is 0 Å². The van der Waals surface area contributed by atoms with Gasteiger partial charge < -0.3 is 19.8 Å². The van der Waals surface area contributed by atoms with Crippen molar-refractivity contribution in [3.8, 4) is 0 Å². The molecule has 1 aliphatic rings. The lowest BCUT2D eigenvalue weighted by atomic mass is 9.95. The minimum Gasteiger partial charge on any atom is -0.349 e. The lowest BCUT2D eigenvalue weighted by Crippen LogP contribution is -2.46. The second kappa shape index (κ2) is 7.17. The third-order valence-electron chi connectivity index (χ3n) is 4.95. The number of nitrogens with zero attached hydrogens (tertiary/aromatic N) is 4. The Morgan fingerprint density at radius 3 is 2.48 bits per heavy atom. The molecule has 0 saturated carbocycles. The van der Waals surface area contributed by atoms with Crippen LogP contribution in [0.1, 0.15) is 55.5 Å². The monoisotopic (exact) mass is 372 g/mol. The molecule has 0 unspecified atom stereocenters. The summed E-state index contributed by atoms with van der Waals surface area (Å²) in [6, 6.07) is 0.0371. The smallest absolute Gasteiger partial charge is 0.264 e. The molecule has 1 saturated heterocycles. The van der Waals surface area contributed by atoms with Crippen LogP contribution in [0.3, 0.4) is 0 Å². The number of amides is 1. The van der Waals surface area contributed by atoms with Gasteiger partial charge in [0.15, 0.2) is 0 Å². The van der Waals surface area contributed by atoms with Crippen molar-refractivity contribution in [1.29, 1.82) is 0 Å². The number of rotatable bonds is 3. The van der Waals surface area contributed by atoms with Crippen molar-refractivity contribution in [3.05, 3.63) is 39.8 Å². The van der Waals surface area contributed by atoms with Crippen LogP contribution in [0.5, 0.6) is 0 Å². The molecule has 1 fully saturated rings. The van der Waals surface area contributed by atoms with Gasteiger partial charge in [0.1, 0.15) is 11.4 Å². The van der Waals surface area contributed by atoms with E-state index in [1.54, 1.807) is 13.1 Å². The lowest BCUT2D eigenvalue weighted by molar-refractivity contribution is 0.0928. The number of carbonyl (C=O) groups is 1. The number of hydrogen-bond donors (Lipinski definition) is 2. The maximum Gasteiger partial charge on any atom is 0.264 e. The minimum absolute atomic E-state index is 0.0371. The van der Waals surface area contributed by atoms with E-state index >= 15 is 0 Å². The highest BCUT2D eigenvalue weighted by Crippen LogP contribution is 2.19. The summed E-state index contributed by atoms with van der Waals surface area (Å²) in [6.45, 7) is 9.25. The first-order chi connectivity index (χ1) is 12.7. The Morgan fingerprint density at radius 1 is 1.30 bits per heavy atom. The van der Waals surface area contributed by atoms with Crippen LogP contribution in [0, 0.1) is 6.92 Å². The molecular weight excluding hydrogens is 344 g/mol. The van der Waals surface area contributed by atoms with Crippen molar-refractivity contribution < 1.29 is 4.79 Å². The summed E-state index contributed by atoms with van der Waals surface area (Å²) in [5.41, 5.74) is -0.0898. The SMILES string of the molecule is Cc1nc(C(C)(C)C)[nH]c(=O)c1C(=O)NC1CCN(c2nccn2C)CC1. The highest BCUT2D eigenvalue weighted by molar-refractivity contribution is 5.95. The number of piperidine rings is 1. The minimum atomic E-state index is -0.379. The van der Waals surface area contributed by atoms with Crippen LogP contribution >= 0.6 is 0 Å². The molecule has 1 amide bonds. The summed E-state index contributed by atoms with van der Waals surface area (Å²) in [5, 5.41) is 3.00. The summed E-state index contributed by atoms with van der Waals surface area (Å²) in [6.07, 6.45) is 5.32. The fourth-order valence-electron chi connectivity index (χ4n) is 3.35. The number of aromatic nitrogens is 4. The quantitative estimate of drug-likeness (QED) is 0.851. The topological polar surface area (TPSA) is 95.9 Å². The van der Waals surface area contributed by atoms with Crippen LogP contribution in [0.15, 0.2) is 17.2 Å². The molecule has 2 aromatic heterocycles. The van der Waals surface area contributed by atoms with Crippen LogP contribution in [-0.2, 0) is 12.5 Å². The molecular formula is C19H28N6O2. The van der Waals surface area contributed by atoms with Gasteiger partial charge in [0.2, 0.25) is 5.95 Å². The maximum atomic E-state index is 12.7. The fraction of sp³-hybridized carbons (Fsp3) is 0.579. The average molecular weight is 372 g/mol. The zero-order chi connectivity index (χ0) is 19.8. The molecule has 2 N–H and O–H groups in total. The summed E-state index contributed by atoms with van der Waals surface area (Å²) in [4.78, 5) is 38.9. The van der Waals surface area contributed by atoms with Gasteiger partial charge in [0.25, 0.3) is 11.5 Å². The molecule has 0 bridgehead atoms. The molecule has 0 aliphatic carbocycles. The van der Waals surface area contributed by atoms with E-state index in [1.165, 1.54) is 0 Å². The van der Waals surface area contributed by atoms with Crippen LogP contribution in [0.4, 0.5) is 5.95 Å². The molecule has 0 aromatic carbocycles. The first-order valence-electron chi connectivity index (χ1n) is 9.31. The molecule has 8 nitrogen and oxygen atoms in total. The van der Waals surface area contributed by atoms with E-state index in [4.69, 9.17) is 0 Å².